The summed E-state index contributed by atoms with van der Waals surface area (Å²) in [5.41, 5.74) is 2.34. The summed E-state index contributed by atoms with van der Waals surface area (Å²) in [6, 6.07) is 12.3. The fraction of sp³-hybridized carbons (Fsp3) is 0.353. The summed E-state index contributed by atoms with van der Waals surface area (Å²) in [6.07, 6.45) is 9.05. The van der Waals surface area contributed by atoms with Gasteiger partial charge in [-0.3, -0.25) is 4.98 Å². The lowest BCUT2D eigenvalue weighted by Gasteiger charge is -2.13. The van der Waals surface area contributed by atoms with Gasteiger partial charge in [0.05, 0.1) is 6.10 Å². The van der Waals surface area contributed by atoms with Gasteiger partial charge in [0.15, 0.2) is 0 Å². The molecule has 1 saturated carbocycles. The van der Waals surface area contributed by atoms with Gasteiger partial charge in [0.25, 0.3) is 0 Å². The van der Waals surface area contributed by atoms with E-state index in [4.69, 9.17) is 4.74 Å². The van der Waals surface area contributed by atoms with E-state index < -0.39 is 0 Å². The Morgan fingerprint density at radius 2 is 1.70 bits per heavy atom. The molecule has 0 radical (unpaired) electrons. The van der Waals surface area contributed by atoms with E-state index in [1.807, 2.05) is 36.7 Å². The molecule has 1 aromatic carbocycles. The Hall–Kier alpha value is -2.03. The van der Waals surface area contributed by atoms with Gasteiger partial charge in [-0.2, -0.15) is 0 Å². The summed E-state index contributed by atoms with van der Waals surface area (Å²) in [5, 5.41) is 3.40. The molecule has 0 amide bonds. The number of aromatic nitrogens is 1. The molecule has 20 heavy (non-hydrogen) atoms. The number of anilines is 1. The minimum absolute atomic E-state index is 0.422. The van der Waals surface area contributed by atoms with Crippen LogP contribution in [-0.4, -0.2) is 11.1 Å². The van der Waals surface area contributed by atoms with Gasteiger partial charge >= 0.3 is 0 Å². The Bertz CT molecular complexity index is 518. The Morgan fingerprint density at radius 1 is 1.00 bits per heavy atom. The quantitative estimate of drug-likeness (QED) is 0.889. The van der Waals surface area contributed by atoms with Gasteiger partial charge in [0.1, 0.15) is 5.75 Å². The van der Waals surface area contributed by atoms with Gasteiger partial charge in [-0.1, -0.05) is 0 Å². The zero-order chi connectivity index (χ0) is 13.6. The van der Waals surface area contributed by atoms with Gasteiger partial charge in [-0.25, -0.2) is 0 Å². The van der Waals surface area contributed by atoms with Crippen LogP contribution in [0, 0.1) is 0 Å². The van der Waals surface area contributed by atoms with Crippen molar-refractivity contribution in [1.82, 2.24) is 4.98 Å². The van der Waals surface area contributed by atoms with E-state index in [1.54, 1.807) is 0 Å². The first-order chi connectivity index (χ1) is 9.90. The first-order valence-electron chi connectivity index (χ1n) is 7.30. The summed E-state index contributed by atoms with van der Waals surface area (Å²) in [7, 11) is 0. The van der Waals surface area contributed by atoms with Crippen molar-refractivity contribution in [1.29, 1.82) is 0 Å². The van der Waals surface area contributed by atoms with E-state index in [0.717, 1.165) is 18.0 Å². The first kappa shape index (κ1) is 13.0. The molecule has 1 aliphatic carbocycles. The number of hydrogen-bond acceptors (Lipinski definition) is 3. The molecular formula is C17H20N2O. The largest absolute Gasteiger partial charge is 0.490 e. The van der Waals surface area contributed by atoms with Crippen molar-refractivity contribution in [3.8, 4) is 5.75 Å². The van der Waals surface area contributed by atoms with Gasteiger partial charge < -0.3 is 10.1 Å². The molecule has 0 spiro atoms. The van der Waals surface area contributed by atoms with E-state index in [1.165, 1.54) is 31.2 Å². The number of rotatable bonds is 5. The van der Waals surface area contributed by atoms with Crippen LogP contribution in [-0.2, 0) is 6.54 Å². The summed E-state index contributed by atoms with van der Waals surface area (Å²) < 4.78 is 5.96. The second kappa shape index (κ2) is 6.42. The lowest BCUT2D eigenvalue weighted by molar-refractivity contribution is 0.210. The van der Waals surface area contributed by atoms with Crippen LogP contribution in [0.1, 0.15) is 31.2 Å². The van der Waals surface area contributed by atoms with Crippen LogP contribution in [0.2, 0.25) is 0 Å². The first-order valence-corrected chi connectivity index (χ1v) is 7.30. The molecule has 0 bridgehead atoms. The maximum atomic E-state index is 5.96. The molecule has 3 heteroatoms. The van der Waals surface area contributed by atoms with Crippen LogP contribution in [0.3, 0.4) is 0 Å². The van der Waals surface area contributed by atoms with E-state index in [2.05, 4.69) is 22.4 Å². The van der Waals surface area contributed by atoms with Crippen LogP contribution < -0.4 is 10.1 Å². The van der Waals surface area contributed by atoms with Gasteiger partial charge in [-0.05, 0) is 67.6 Å². The van der Waals surface area contributed by atoms with Crippen LogP contribution in [0.5, 0.6) is 5.75 Å². The fourth-order valence-corrected chi connectivity index (χ4v) is 2.55. The topological polar surface area (TPSA) is 34.1 Å². The standard InChI is InChI=1S/C17H20N2O/c1-2-4-16(3-1)20-17-7-5-15(6-8-17)19-13-14-9-11-18-12-10-14/h5-12,16,19H,1-4,13H2. The zero-order valence-electron chi connectivity index (χ0n) is 11.6. The van der Waals surface area contributed by atoms with Crippen molar-refractivity contribution in [3.63, 3.8) is 0 Å². The molecule has 2 aromatic rings. The van der Waals surface area contributed by atoms with Gasteiger partial charge in [-0.15, -0.1) is 0 Å². The summed E-state index contributed by atoms with van der Waals surface area (Å²) in [4.78, 5) is 4.02. The molecular weight excluding hydrogens is 248 g/mol. The molecule has 1 aromatic heterocycles. The Labute approximate surface area is 120 Å². The molecule has 1 N–H and O–H groups in total. The summed E-state index contributed by atoms with van der Waals surface area (Å²) in [5.74, 6) is 0.978. The molecule has 1 heterocycles. The lowest BCUT2D eigenvalue weighted by Crippen LogP contribution is -2.10. The van der Waals surface area contributed by atoms with Gasteiger partial charge in [0, 0.05) is 24.6 Å². The molecule has 0 atom stereocenters. The lowest BCUT2D eigenvalue weighted by atomic mass is 10.2. The molecule has 0 unspecified atom stereocenters. The number of hydrogen-bond donors (Lipinski definition) is 1. The maximum absolute atomic E-state index is 5.96. The van der Waals surface area contributed by atoms with Crippen molar-refractivity contribution in [2.24, 2.45) is 0 Å². The fourth-order valence-electron chi connectivity index (χ4n) is 2.55. The highest BCUT2D eigenvalue weighted by molar-refractivity contribution is 5.46. The monoisotopic (exact) mass is 268 g/mol. The zero-order valence-corrected chi connectivity index (χ0v) is 11.6. The van der Waals surface area contributed by atoms with Crippen molar-refractivity contribution < 1.29 is 4.74 Å². The van der Waals surface area contributed by atoms with Crippen molar-refractivity contribution >= 4 is 5.69 Å². The third-order valence-corrected chi connectivity index (χ3v) is 3.71. The van der Waals surface area contributed by atoms with Crippen molar-refractivity contribution in [2.75, 3.05) is 5.32 Å². The Morgan fingerprint density at radius 3 is 2.40 bits per heavy atom. The Balaban J connectivity index is 1.53. The average Bonchev–Trinajstić information content (AvgIpc) is 3.01. The summed E-state index contributed by atoms with van der Waals surface area (Å²) in [6.45, 7) is 0.811. The smallest absolute Gasteiger partial charge is 0.119 e. The molecule has 104 valence electrons. The van der Waals surface area contributed by atoms with Crippen molar-refractivity contribution in [2.45, 2.75) is 38.3 Å². The van der Waals surface area contributed by atoms with Crippen LogP contribution in [0.25, 0.3) is 0 Å². The highest BCUT2D eigenvalue weighted by Gasteiger charge is 2.16. The average molecular weight is 268 g/mol. The predicted octanol–water partition coefficient (Wildman–Crippen LogP) is 4.02. The third-order valence-electron chi connectivity index (χ3n) is 3.71. The van der Waals surface area contributed by atoms with E-state index in [0.29, 0.717) is 6.10 Å². The minimum Gasteiger partial charge on any atom is -0.490 e. The SMILES string of the molecule is c1cc(CNc2ccc(OC3CCCC3)cc2)ccn1. The maximum Gasteiger partial charge on any atom is 0.119 e. The number of benzene rings is 1. The normalized spacial score (nSPS) is 15.2. The van der Waals surface area contributed by atoms with E-state index >= 15 is 0 Å². The van der Waals surface area contributed by atoms with E-state index in [9.17, 15) is 0 Å². The number of ether oxygens (including phenoxy) is 1. The molecule has 1 fully saturated rings. The van der Waals surface area contributed by atoms with Crippen LogP contribution in [0.15, 0.2) is 48.8 Å². The number of nitrogens with one attached hydrogen (secondary N) is 1. The second-order valence-corrected chi connectivity index (χ2v) is 5.26. The molecule has 1 aliphatic rings. The number of nitrogens with zero attached hydrogens (tertiary/aromatic N) is 1. The third kappa shape index (κ3) is 3.50. The minimum atomic E-state index is 0.422. The summed E-state index contributed by atoms with van der Waals surface area (Å²) >= 11 is 0. The van der Waals surface area contributed by atoms with Crippen LogP contribution in [0.4, 0.5) is 5.69 Å². The Kier molecular flexibility index (Phi) is 4.16. The van der Waals surface area contributed by atoms with E-state index in [-0.39, 0.29) is 0 Å². The van der Waals surface area contributed by atoms with Crippen molar-refractivity contribution in [3.05, 3.63) is 54.4 Å². The number of pyridine rings is 1. The van der Waals surface area contributed by atoms with Gasteiger partial charge in [0.2, 0.25) is 0 Å². The molecule has 0 saturated heterocycles. The highest BCUT2D eigenvalue weighted by atomic mass is 16.5. The molecule has 3 nitrogen and oxygen atoms in total. The second-order valence-electron chi connectivity index (χ2n) is 5.26. The molecule has 0 aliphatic heterocycles. The predicted molar refractivity (Wildman–Crippen MR) is 80.9 cm³/mol. The molecule has 3 rings (SSSR count). The highest BCUT2D eigenvalue weighted by Crippen LogP contribution is 2.25. The van der Waals surface area contributed by atoms with Crippen LogP contribution >= 0.6 is 0 Å².